The molecule has 0 aromatic carbocycles. The van der Waals surface area contributed by atoms with Crippen LogP contribution < -0.4 is 5.14 Å². The Bertz CT molecular complexity index is 1100. The molecular weight excluding hydrogens is 761 g/mol. The Balaban J connectivity index is 4.60. The van der Waals surface area contributed by atoms with Crippen molar-refractivity contribution in [3.8, 4) is 0 Å². The van der Waals surface area contributed by atoms with Crippen LogP contribution >= 0.6 is 0 Å². The minimum Gasteiger partial charge on any atom is -0.466 e. The number of esters is 2. The topological polar surface area (TPSA) is 132 Å². The van der Waals surface area contributed by atoms with E-state index in [0.717, 1.165) is 135 Å². The normalized spacial score (nSPS) is 12.6. The van der Waals surface area contributed by atoms with Crippen molar-refractivity contribution in [1.29, 1.82) is 0 Å². The molecule has 0 heterocycles. The highest BCUT2D eigenvalue weighted by molar-refractivity contribution is 7.88. The van der Waals surface area contributed by atoms with Crippen LogP contribution in [0, 0.1) is 0 Å². The van der Waals surface area contributed by atoms with Crippen molar-refractivity contribution < 1.29 is 27.5 Å². The third-order valence-electron chi connectivity index (χ3n) is 11.4. The van der Waals surface area contributed by atoms with Crippen LogP contribution in [0.2, 0.25) is 0 Å². The zero-order chi connectivity index (χ0) is 43.7. The van der Waals surface area contributed by atoms with E-state index >= 15 is 0 Å². The Morgan fingerprint density at radius 2 is 0.881 bits per heavy atom. The first-order valence-corrected chi connectivity index (χ1v) is 26.4. The lowest BCUT2D eigenvalue weighted by Crippen LogP contribution is -2.28. The summed E-state index contributed by atoms with van der Waals surface area (Å²) in [5, 5.41) is 5.18. The summed E-state index contributed by atoms with van der Waals surface area (Å²) in [5.41, 5.74) is 0. The lowest BCUT2D eigenvalue weighted by Gasteiger charge is -2.23. The number of nitrogens with two attached hydrogens (primary N) is 1. The van der Waals surface area contributed by atoms with E-state index in [1.54, 1.807) is 19.0 Å². The van der Waals surface area contributed by atoms with Crippen molar-refractivity contribution >= 4 is 28.0 Å². The summed E-state index contributed by atoms with van der Waals surface area (Å²) < 4.78 is 38.3. The first kappa shape index (κ1) is 57.3. The maximum atomic E-state index is 12.8. The molecule has 10 nitrogen and oxygen atoms in total. The molecule has 0 saturated carbocycles. The molecule has 0 spiro atoms. The fourth-order valence-electron chi connectivity index (χ4n) is 7.67. The van der Waals surface area contributed by atoms with Gasteiger partial charge in [-0.05, 0) is 90.3 Å². The van der Waals surface area contributed by atoms with Gasteiger partial charge in [0.1, 0.15) is 11.9 Å². The number of amidine groups is 1. The molecule has 0 amide bonds. The SMILES string of the molecule is CCCCCCCCCOC(=O)CCCCCCCN(CCCCCCCC(=O)OC(CCCCCCC)CCCCCCCC)CCCC/C(=N/S(N)(=O)=O)N(C)C. The van der Waals surface area contributed by atoms with Gasteiger partial charge in [0.15, 0.2) is 0 Å². The highest BCUT2D eigenvalue weighted by atomic mass is 32.2. The Kier molecular flexibility index (Phi) is 40.4. The standard InChI is InChI=1S/C48H96N4O6S/c1-6-9-12-15-17-26-35-44-57-47(53)39-29-22-18-24-32-41-52(43-34-31-38-46(51(4)5)50-59(49,55)56)42-33-25-19-23-30-40-48(54)58-45(36-27-20-14-11-8-3)37-28-21-16-13-10-7-2/h45H,6-44H2,1-5H3,(H2,49,55,56)/b50-46-. The minimum atomic E-state index is -3.92. The number of nitrogens with zero attached hydrogens (tertiary/aromatic N) is 3. The summed E-state index contributed by atoms with van der Waals surface area (Å²) in [5.74, 6) is 0.427. The van der Waals surface area contributed by atoms with Gasteiger partial charge in [-0.15, -0.1) is 4.40 Å². The highest BCUT2D eigenvalue weighted by Gasteiger charge is 2.15. The number of rotatable bonds is 44. The molecule has 59 heavy (non-hydrogen) atoms. The van der Waals surface area contributed by atoms with Crippen molar-refractivity contribution in [1.82, 2.24) is 9.80 Å². The predicted molar refractivity (Wildman–Crippen MR) is 250 cm³/mol. The number of hydrogen-bond donors (Lipinski definition) is 1. The second-order valence-electron chi connectivity index (χ2n) is 17.5. The summed E-state index contributed by atoms with van der Waals surface area (Å²) in [4.78, 5) is 29.2. The quantitative estimate of drug-likeness (QED) is 0.0277. The number of carbonyl (C=O) groups is 2. The van der Waals surface area contributed by atoms with E-state index in [-0.39, 0.29) is 18.0 Å². The van der Waals surface area contributed by atoms with Crippen LogP contribution in [0.4, 0.5) is 0 Å². The molecule has 0 aliphatic rings. The lowest BCUT2D eigenvalue weighted by molar-refractivity contribution is -0.150. The van der Waals surface area contributed by atoms with Crippen molar-refractivity contribution in [2.75, 3.05) is 40.3 Å². The van der Waals surface area contributed by atoms with Crippen molar-refractivity contribution in [2.24, 2.45) is 9.54 Å². The van der Waals surface area contributed by atoms with Gasteiger partial charge in [-0.3, -0.25) is 9.59 Å². The van der Waals surface area contributed by atoms with Gasteiger partial charge in [0.2, 0.25) is 0 Å². The van der Waals surface area contributed by atoms with Gasteiger partial charge in [-0.1, -0.05) is 156 Å². The third kappa shape index (κ3) is 41.4. The Hall–Kier alpha value is -1.72. The highest BCUT2D eigenvalue weighted by Crippen LogP contribution is 2.19. The van der Waals surface area contributed by atoms with Crippen molar-refractivity contribution in [3.05, 3.63) is 0 Å². The van der Waals surface area contributed by atoms with Gasteiger partial charge < -0.3 is 19.3 Å². The number of ether oxygens (including phenoxy) is 2. The Morgan fingerprint density at radius 3 is 1.34 bits per heavy atom. The largest absolute Gasteiger partial charge is 0.466 e. The van der Waals surface area contributed by atoms with Gasteiger partial charge in [0.25, 0.3) is 0 Å². The molecule has 2 N–H and O–H groups in total. The van der Waals surface area contributed by atoms with E-state index in [4.69, 9.17) is 14.6 Å². The van der Waals surface area contributed by atoms with Crippen LogP contribution in [0.5, 0.6) is 0 Å². The average molecular weight is 857 g/mol. The molecule has 0 radical (unpaired) electrons. The summed E-state index contributed by atoms with van der Waals surface area (Å²) in [6, 6.07) is 0. The fraction of sp³-hybridized carbons (Fsp3) is 0.938. The average Bonchev–Trinajstić information content (AvgIpc) is 3.19. The Labute approximate surface area is 365 Å². The zero-order valence-corrected chi connectivity index (χ0v) is 40.2. The van der Waals surface area contributed by atoms with E-state index in [9.17, 15) is 18.0 Å². The van der Waals surface area contributed by atoms with Crippen LogP contribution in [-0.4, -0.2) is 82.4 Å². The summed E-state index contributed by atoms with van der Waals surface area (Å²) >= 11 is 0. The molecule has 1 atom stereocenters. The van der Waals surface area contributed by atoms with E-state index in [0.29, 0.717) is 31.7 Å². The monoisotopic (exact) mass is 857 g/mol. The summed E-state index contributed by atoms with van der Waals surface area (Å²) in [6.07, 6.45) is 38.6. The maximum absolute atomic E-state index is 12.8. The summed E-state index contributed by atoms with van der Waals surface area (Å²) in [7, 11) is -0.329. The predicted octanol–water partition coefficient (Wildman–Crippen LogP) is 12.6. The second kappa shape index (κ2) is 41.6. The number of carbonyl (C=O) groups excluding carboxylic acids is 2. The molecule has 0 saturated heterocycles. The molecule has 0 aliphatic carbocycles. The molecule has 0 rings (SSSR count). The molecule has 0 aliphatic heterocycles. The lowest BCUT2D eigenvalue weighted by atomic mass is 10.0. The molecule has 11 heteroatoms. The van der Waals surface area contributed by atoms with Gasteiger partial charge in [0.05, 0.1) is 6.61 Å². The molecule has 0 aromatic rings. The molecule has 0 aromatic heterocycles. The van der Waals surface area contributed by atoms with E-state index in [1.165, 1.54) is 89.9 Å². The van der Waals surface area contributed by atoms with Crippen LogP contribution in [0.25, 0.3) is 0 Å². The molecule has 350 valence electrons. The van der Waals surface area contributed by atoms with Crippen LogP contribution in [0.3, 0.4) is 0 Å². The Morgan fingerprint density at radius 1 is 0.508 bits per heavy atom. The first-order valence-electron chi connectivity index (χ1n) is 24.9. The van der Waals surface area contributed by atoms with Crippen LogP contribution in [-0.2, 0) is 29.3 Å². The molecular formula is C48H96N4O6S. The smallest absolute Gasteiger partial charge is 0.318 e. The van der Waals surface area contributed by atoms with Gasteiger partial charge in [-0.25, -0.2) is 5.14 Å². The van der Waals surface area contributed by atoms with Crippen LogP contribution in [0.1, 0.15) is 245 Å². The molecule has 1 unspecified atom stereocenters. The second-order valence-corrected chi connectivity index (χ2v) is 18.7. The van der Waals surface area contributed by atoms with Gasteiger partial charge in [-0.2, -0.15) is 8.42 Å². The van der Waals surface area contributed by atoms with E-state index in [1.807, 2.05) is 0 Å². The van der Waals surface area contributed by atoms with Gasteiger partial charge in [0, 0.05) is 33.4 Å². The fourth-order valence-corrected chi connectivity index (χ4v) is 8.22. The van der Waals surface area contributed by atoms with Crippen molar-refractivity contribution in [2.45, 2.75) is 252 Å². The first-order chi connectivity index (χ1) is 28.5. The molecule has 0 fully saturated rings. The molecule has 0 bridgehead atoms. The third-order valence-corrected chi connectivity index (χ3v) is 11.9. The minimum absolute atomic E-state index is 0.00835. The number of hydrogen-bond acceptors (Lipinski definition) is 7. The van der Waals surface area contributed by atoms with Crippen LogP contribution in [0.15, 0.2) is 4.40 Å². The van der Waals surface area contributed by atoms with Crippen molar-refractivity contribution in [3.63, 3.8) is 0 Å². The van der Waals surface area contributed by atoms with E-state index < -0.39 is 10.2 Å². The van der Waals surface area contributed by atoms with Gasteiger partial charge >= 0.3 is 22.1 Å². The number of unbranched alkanes of at least 4 members (excludes halogenated alkanes) is 24. The zero-order valence-electron chi connectivity index (χ0n) is 39.4. The summed E-state index contributed by atoms with van der Waals surface area (Å²) in [6.45, 7) is 10.3. The maximum Gasteiger partial charge on any atom is 0.318 e. The van der Waals surface area contributed by atoms with E-state index in [2.05, 4.69) is 30.1 Å².